The molecule has 1 heterocycles. The van der Waals surface area contributed by atoms with Crippen LogP contribution >= 0.6 is 11.6 Å². The highest BCUT2D eigenvalue weighted by molar-refractivity contribution is 6.30. The van der Waals surface area contributed by atoms with Crippen molar-refractivity contribution in [1.29, 1.82) is 0 Å². The highest BCUT2D eigenvalue weighted by Crippen LogP contribution is 2.37. The Morgan fingerprint density at radius 3 is 2.82 bits per heavy atom. The molecule has 0 aliphatic carbocycles. The Morgan fingerprint density at radius 2 is 2.14 bits per heavy atom. The molecule has 0 saturated carbocycles. The number of aliphatic carboxylic acids is 1. The Kier molecular flexibility index (Phi) is 4.77. The Hall–Kier alpha value is -2.00. The van der Waals surface area contributed by atoms with Gasteiger partial charge in [-0.1, -0.05) is 37.6 Å². The third kappa shape index (κ3) is 4.01. The number of benzene rings is 1. The van der Waals surface area contributed by atoms with Crippen LogP contribution in [0.4, 0.5) is 0 Å². The number of ether oxygens (including phenoxy) is 1. The van der Waals surface area contributed by atoms with Crippen molar-refractivity contribution < 1.29 is 14.6 Å². The van der Waals surface area contributed by atoms with Gasteiger partial charge in [-0.2, -0.15) is 0 Å². The van der Waals surface area contributed by atoms with Gasteiger partial charge >= 0.3 is 5.97 Å². The first-order chi connectivity index (χ1) is 10.3. The lowest BCUT2D eigenvalue weighted by Crippen LogP contribution is -2.21. The van der Waals surface area contributed by atoms with E-state index in [-0.39, 0.29) is 5.41 Å². The number of carbonyl (C=O) groups is 1. The second kappa shape index (κ2) is 6.41. The van der Waals surface area contributed by atoms with Gasteiger partial charge < -0.3 is 9.84 Å². The molecule has 1 N–H and O–H groups in total. The maximum absolute atomic E-state index is 10.7. The van der Waals surface area contributed by atoms with E-state index in [0.29, 0.717) is 17.2 Å². The largest absolute Gasteiger partial charge is 0.492 e. The van der Waals surface area contributed by atoms with Crippen LogP contribution in [0.15, 0.2) is 47.6 Å². The second-order valence-corrected chi connectivity index (χ2v) is 6.45. The second-order valence-electron chi connectivity index (χ2n) is 6.01. The van der Waals surface area contributed by atoms with Crippen molar-refractivity contribution >= 4 is 23.6 Å². The van der Waals surface area contributed by atoms with E-state index in [2.05, 4.69) is 13.8 Å². The summed E-state index contributed by atoms with van der Waals surface area (Å²) >= 11 is 6.06. The Morgan fingerprint density at radius 1 is 1.41 bits per heavy atom. The molecular weight excluding hydrogens is 300 g/mol. The molecule has 0 saturated heterocycles. The third-order valence-corrected chi connectivity index (χ3v) is 3.76. The summed E-state index contributed by atoms with van der Waals surface area (Å²) in [6.07, 6.45) is 6.96. The molecule has 0 atom stereocenters. The fourth-order valence-electron chi connectivity index (χ4n) is 2.21. The molecule has 1 aromatic rings. The van der Waals surface area contributed by atoms with Gasteiger partial charge in [-0.15, -0.1) is 0 Å². The summed E-state index contributed by atoms with van der Waals surface area (Å²) in [5, 5.41) is 9.43. The van der Waals surface area contributed by atoms with Crippen LogP contribution < -0.4 is 4.74 Å². The van der Waals surface area contributed by atoms with Gasteiger partial charge in [-0.05, 0) is 42.3 Å². The summed E-state index contributed by atoms with van der Waals surface area (Å²) in [6.45, 7) is 6.48. The van der Waals surface area contributed by atoms with Crippen molar-refractivity contribution in [3.63, 3.8) is 0 Å². The normalized spacial score (nSPS) is 17.5. The first kappa shape index (κ1) is 16.4. The Bertz CT molecular complexity index is 682. The van der Waals surface area contributed by atoms with Crippen molar-refractivity contribution in [2.45, 2.75) is 20.8 Å². The van der Waals surface area contributed by atoms with Gasteiger partial charge in [0.25, 0.3) is 0 Å². The van der Waals surface area contributed by atoms with Crippen LogP contribution in [0.1, 0.15) is 26.3 Å². The van der Waals surface area contributed by atoms with Crippen molar-refractivity contribution in [2.24, 2.45) is 5.41 Å². The summed E-state index contributed by atoms with van der Waals surface area (Å²) in [6, 6.07) is 5.54. The molecule has 4 heteroatoms. The van der Waals surface area contributed by atoms with Gasteiger partial charge in [-0.3, -0.25) is 0 Å². The number of carboxylic acid groups (broad SMARTS) is 1. The van der Waals surface area contributed by atoms with Crippen LogP contribution in [0.2, 0.25) is 5.02 Å². The summed E-state index contributed by atoms with van der Waals surface area (Å²) < 4.78 is 5.87. The number of allylic oxidation sites excluding steroid dienone is 3. The highest BCUT2D eigenvalue weighted by atomic mass is 35.5. The molecule has 1 aromatic carbocycles. The fraction of sp³-hybridized carbons (Fsp3) is 0.278. The van der Waals surface area contributed by atoms with E-state index in [1.807, 2.05) is 30.4 Å². The highest BCUT2D eigenvalue weighted by Gasteiger charge is 2.26. The molecule has 0 amide bonds. The first-order valence-corrected chi connectivity index (χ1v) is 7.39. The summed E-state index contributed by atoms with van der Waals surface area (Å²) in [5.74, 6) is -0.143. The summed E-state index contributed by atoms with van der Waals surface area (Å²) in [7, 11) is 0. The molecule has 2 rings (SSSR count). The molecule has 1 aliphatic heterocycles. The number of halogens is 1. The maximum atomic E-state index is 10.7. The monoisotopic (exact) mass is 318 g/mol. The Labute approximate surface area is 135 Å². The molecule has 0 unspecified atom stereocenters. The van der Waals surface area contributed by atoms with E-state index < -0.39 is 5.97 Å². The molecule has 1 aliphatic rings. The van der Waals surface area contributed by atoms with Crippen LogP contribution in [0.5, 0.6) is 5.75 Å². The quantitative estimate of drug-likeness (QED) is 0.647. The van der Waals surface area contributed by atoms with E-state index in [0.717, 1.165) is 16.9 Å². The minimum absolute atomic E-state index is 0.189. The zero-order valence-electron chi connectivity index (χ0n) is 12.9. The lowest BCUT2D eigenvalue weighted by molar-refractivity contribution is -0.131. The van der Waals surface area contributed by atoms with Gasteiger partial charge in [0.15, 0.2) is 0 Å². The van der Waals surface area contributed by atoms with Crippen LogP contribution in [0.3, 0.4) is 0 Å². The molecule has 0 fully saturated rings. The zero-order valence-corrected chi connectivity index (χ0v) is 13.6. The molecule has 0 spiro atoms. The number of rotatable bonds is 3. The summed E-state index contributed by atoms with van der Waals surface area (Å²) in [4.78, 5) is 10.7. The summed E-state index contributed by atoms with van der Waals surface area (Å²) in [5.41, 5.74) is 2.48. The van der Waals surface area contributed by atoms with Gasteiger partial charge in [0.05, 0.1) is 6.61 Å². The smallest absolute Gasteiger partial charge is 0.328 e. The molecule has 0 aromatic heterocycles. The molecular formula is C18H19ClO3. The van der Waals surface area contributed by atoms with Crippen molar-refractivity contribution in [3.05, 3.63) is 58.2 Å². The van der Waals surface area contributed by atoms with Gasteiger partial charge in [0, 0.05) is 22.1 Å². The molecule has 0 bridgehead atoms. The van der Waals surface area contributed by atoms with Crippen molar-refractivity contribution in [2.75, 3.05) is 6.61 Å². The number of hydrogen-bond acceptors (Lipinski definition) is 2. The topological polar surface area (TPSA) is 46.5 Å². The molecule has 22 heavy (non-hydrogen) atoms. The first-order valence-electron chi connectivity index (χ1n) is 7.02. The maximum Gasteiger partial charge on any atom is 0.328 e. The van der Waals surface area contributed by atoms with Gasteiger partial charge in [-0.25, -0.2) is 4.79 Å². The van der Waals surface area contributed by atoms with Crippen LogP contribution in [-0.2, 0) is 4.79 Å². The predicted molar refractivity (Wildman–Crippen MR) is 89.2 cm³/mol. The minimum atomic E-state index is -0.947. The number of fused-ring (bicyclic) bond motifs is 1. The van der Waals surface area contributed by atoms with Gasteiger partial charge in [0.2, 0.25) is 0 Å². The van der Waals surface area contributed by atoms with E-state index in [9.17, 15) is 4.79 Å². The van der Waals surface area contributed by atoms with Crippen molar-refractivity contribution in [1.82, 2.24) is 0 Å². The number of carboxylic acids is 1. The van der Waals surface area contributed by atoms with Crippen LogP contribution in [0.25, 0.3) is 6.08 Å². The lowest BCUT2D eigenvalue weighted by Gasteiger charge is -2.24. The zero-order chi connectivity index (χ0) is 16.3. The SMILES string of the molecule is CC(/C=C/C1=Cc2cc(Cl)ccc2OCC1(C)C)=C\C(=O)O. The standard InChI is InChI=1S/C18H19ClO3/c1-12(8-17(20)21)4-5-14-9-13-10-15(19)6-7-16(13)22-11-18(14,2)3/h4-10H,11H2,1-3H3,(H,20,21)/b5-4+,12-8+. The molecule has 0 radical (unpaired) electrons. The van der Waals surface area contributed by atoms with E-state index >= 15 is 0 Å². The number of hydrogen-bond donors (Lipinski definition) is 1. The third-order valence-electron chi connectivity index (χ3n) is 3.53. The van der Waals surface area contributed by atoms with Gasteiger partial charge in [0.1, 0.15) is 5.75 Å². The average Bonchev–Trinajstić information content (AvgIpc) is 2.52. The predicted octanol–water partition coefficient (Wildman–Crippen LogP) is 4.73. The van der Waals surface area contributed by atoms with Crippen LogP contribution in [0, 0.1) is 5.41 Å². The van der Waals surface area contributed by atoms with E-state index in [4.69, 9.17) is 21.4 Å². The molecule has 116 valence electrons. The van der Waals surface area contributed by atoms with E-state index in [1.165, 1.54) is 6.08 Å². The fourth-order valence-corrected chi connectivity index (χ4v) is 2.39. The average molecular weight is 319 g/mol. The van der Waals surface area contributed by atoms with E-state index in [1.54, 1.807) is 13.0 Å². The minimum Gasteiger partial charge on any atom is -0.492 e. The molecule has 3 nitrogen and oxygen atoms in total. The van der Waals surface area contributed by atoms with Crippen LogP contribution in [-0.4, -0.2) is 17.7 Å². The van der Waals surface area contributed by atoms with Crippen molar-refractivity contribution in [3.8, 4) is 5.75 Å². The Balaban J connectivity index is 2.41. The lowest BCUT2D eigenvalue weighted by atomic mass is 9.84.